The van der Waals surface area contributed by atoms with Gasteiger partial charge in [0.2, 0.25) is 5.95 Å². The van der Waals surface area contributed by atoms with E-state index in [0.717, 1.165) is 23.0 Å². The highest BCUT2D eigenvalue weighted by Gasteiger charge is 2.20. The van der Waals surface area contributed by atoms with Crippen molar-refractivity contribution in [2.75, 3.05) is 11.9 Å². The van der Waals surface area contributed by atoms with Gasteiger partial charge in [-0.3, -0.25) is 0 Å². The molecule has 2 aromatic heterocycles. The maximum atomic E-state index is 6.23. The van der Waals surface area contributed by atoms with Crippen LogP contribution >= 0.6 is 15.9 Å². The monoisotopic (exact) mass is 311 g/mol. The third kappa shape index (κ3) is 2.81. The molecular formula is C12H18BrN5. The van der Waals surface area contributed by atoms with E-state index in [1.807, 2.05) is 18.3 Å². The molecule has 0 unspecified atom stereocenters. The second-order valence-corrected chi connectivity index (χ2v) is 5.42. The highest BCUT2D eigenvalue weighted by Crippen LogP contribution is 2.14. The first kappa shape index (κ1) is 13.3. The third-order valence-corrected chi connectivity index (χ3v) is 3.77. The van der Waals surface area contributed by atoms with Crippen LogP contribution in [0, 0.1) is 0 Å². The first-order valence-electron chi connectivity index (χ1n) is 6.11. The van der Waals surface area contributed by atoms with Gasteiger partial charge in [0.15, 0.2) is 5.65 Å². The van der Waals surface area contributed by atoms with E-state index in [9.17, 15) is 0 Å². The number of rotatable bonds is 5. The van der Waals surface area contributed by atoms with Gasteiger partial charge in [0, 0.05) is 22.8 Å². The van der Waals surface area contributed by atoms with Gasteiger partial charge in [-0.15, -0.1) is 5.10 Å². The topological polar surface area (TPSA) is 68.2 Å². The molecule has 0 saturated carbocycles. The Morgan fingerprint density at radius 1 is 1.39 bits per heavy atom. The molecule has 2 heterocycles. The normalized spacial score (nSPS) is 12.0. The van der Waals surface area contributed by atoms with E-state index in [1.165, 1.54) is 0 Å². The molecule has 0 fully saturated rings. The van der Waals surface area contributed by atoms with Crippen molar-refractivity contribution >= 4 is 27.5 Å². The highest BCUT2D eigenvalue weighted by atomic mass is 79.9. The maximum absolute atomic E-state index is 6.23. The number of anilines is 1. The van der Waals surface area contributed by atoms with Gasteiger partial charge in [0.25, 0.3) is 0 Å². The molecule has 0 bridgehead atoms. The number of pyridine rings is 1. The number of hydrogen-bond acceptors (Lipinski definition) is 4. The molecule has 0 spiro atoms. The zero-order valence-electron chi connectivity index (χ0n) is 10.7. The fraction of sp³-hybridized carbons (Fsp3) is 0.500. The van der Waals surface area contributed by atoms with E-state index in [4.69, 9.17) is 5.73 Å². The molecule has 6 heteroatoms. The van der Waals surface area contributed by atoms with E-state index < -0.39 is 0 Å². The summed E-state index contributed by atoms with van der Waals surface area (Å²) in [4.78, 5) is 4.39. The van der Waals surface area contributed by atoms with Gasteiger partial charge >= 0.3 is 0 Å². The van der Waals surface area contributed by atoms with Crippen molar-refractivity contribution in [1.82, 2.24) is 14.6 Å². The molecule has 2 aromatic rings. The van der Waals surface area contributed by atoms with Crippen LogP contribution in [0.2, 0.25) is 0 Å². The Balaban J connectivity index is 2.13. The molecule has 98 valence electrons. The number of nitrogens with two attached hydrogens (primary N) is 1. The molecular weight excluding hydrogens is 294 g/mol. The number of fused-ring (bicyclic) bond motifs is 1. The van der Waals surface area contributed by atoms with Crippen LogP contribution in [-0.2, 0) is 0 Å². The Hall–Kier alpha value is -1.14. The molecule has 0 amide bonds. The molecule has 0 atom stereocenters. The van der Waals surface area contributed by atoms with Gasteiger partial charge in [-0.2, -0.15) is 4.98 Å². The Labute approximate surface area is 115 Å². The molecule has 18 heavy (non-hydrogen) atoms. The van der Waals surface area contributed by atoms with Crippen LogP contribution in [0.4, 0.5) is 5.95 Å². The van der Waals surface area contributed by atoms with Crippen molar-refractivity contribution in [3.63, 3.8) is 0 Å². The van der Waals surface area contributed by atoms with Gasteiger partial charge in [0.05, 0.1) is 0 Å². The molecule has 5 nitrogen and oxygen atoms in total. The van der Waals surface area contributed by atoms with Crippen molar-refractivity contribution in [3.8, 4) is 0 Å². The van der Waals surface area contributed by atoms with Crippen molar-refractivity contribution in [2.24, 2.45) is 5.73 Å². The number of nitrogens with one attached hydrogen (secondary N) is 1. The maximum Gasteiger partial charge on any atom is 0.243 e. The summed E-state index contributed by atoms with van der Waals surface area (Å²) >= 11 is 3.41. The Kier molecular flexibility index (Phi) is 3.87. The SMILES string of the molecule is CCC(N)(CC)CNc1nc2ccc(Br)cn2n1. The van der Waals surface area contributed by atoms with Crippen LogP contribution in [0.15, 0.2) is 22.8 Å². The molecule has 0 aliphatic heterocycles. The summed E-state index contributed by atoms with van der Waals surface area (Å²) in [5.74, 6) is 0.616. The Morgan fingerprint density at radius 3 is 2.78 bits per heavy atom. The minimum Gasteiger partial charge on any atom is -0.351 e. The van der Waals surface area contributed by atoms with Gasteiger partial charge in [0.1, 0.15) is 0 Å². The smallest absolute Gasteiger partial charge is 0.243 e. The summed E-state index contributed by atoms with van der Waals surface area (Å²) in [6.07, 6.45) is 3.73. The first-order chi connectivity index (χ1) is 8.56. The Bertz CT molecular complexity index is 532. The lowest BCUT2D eigenvalue weighted by Crippen LogP contribution is -2.45. The number of hydrogen-bond donors (Lipinski definition) is 2. The summed E-state index contributed by atoms with van der Waals surface area (Å²) in [6.45, 7) is 4.87. The second kappa shape index (κ2) is 5.24. The largest absolute Gasteiger partial charge is 0.351 e. The predicted molar refractivity (Wildman–Crippen MR) is 76.7 cm³/mol. The van der Waals surface area contributed by atoms with Crippen LogP contribution in [0.25, 0.3) is 5.65 Å². The van der Waals surface area contributed by atoms with Crippen molar-refractivity contribution in [1.29, 1.82) is 0 Å². The molecule has 3 N–H and O–H groups in total. The molecule has 0 aliphatic carbocycles. The van der Waals surface area contributed by atoms with E-state index in [-0.39, 0.29) is 5.54 Å². The van der Waals surface area contributed by atoms with Crippen LogP contribution < -0.4 is 11.1 Å². The average Bonchev–Trinajstić information content (AvgIpc) is 2.78. The van der Waals surface area contributed by atoms with Crippen molar-refractivity contribution in [3.05, 3.63) is 22.8 Å². The number of halogens is 1. The lowest BCUT2D eigenvalue weighted by molar-refractivity contribution is 0.417. The molecule has 0 radical (unpaired) electrons. The van der Waals surface area contributed by atoms with Gasteiger partial charge in [-0.1, -0.05) is 13.8 Å². The predicted octanol–water partition coefficient (Wildman–Crippen LogP) is 2.42. The lowest BCUT2D eigenvalue weighted by Gasteiger charge is -2.26. The summed E-state index contributed by atoms with van der Waals surface area (Å²) in [5.41, 5.74) is 6.85. The zero-order chi connectivity index (χ0) is 13.2. The zero-order valence-corrected chi connectivity index (χ0v) is 12.2. The minimum absolute atomic E-state index is 0.196. The minimum atomic E-state index is -0.196. The van der Waals surface area contributed by atoms with E-state index >= 15 is 0 Å². The molecule has 0 aromatic carbocycles. The van der Waals surface area contributed by atoms with Crippen LogP contribution in [-0.4, -0.2) is 26.7 Å². The number of aromatic nitrogens is 3. The summed E-state index contributed by atoms with van der Waals surface area (Å²) in [6, 6.07) is 3.86. The van der Waals surface area contributed by atoms with E-state index in [1.54, 1.807) is 4.52 Å². The van der Waals surface area contributed by atoms with Crippen LogP contribution in [0.1, 0.15) is 26.7 Å². The highest BCUT2D eigenvalue weighted by molar-refractivity contribution is 9.10. The molecule has 2 rings (SSSR count). The van der Waals surface area contributed by atoms with E-state index in [0.29, 0.717) is 12.5 Å². The fourth-order valence-electron chi connectivity index (χ4n) is 1.69. The van der Waals surface area contributed by atoms with Gasteiger partial charge < -0.3 is 11.1 Å². The fourth-order valence-corrected chi connectivity index (χ4v) is 2.01. The third-order valence-electron chi connectivity index (χ3n) is 3.30. The van der Waals surface area contributed by atoms with E-state index in [2.05, 4.69) is 45.2 Å². The summed E-state index contributed by atoms with van der Waals surface area (Å²) in [7, 11) is 0. The van der Waals surface area contributed by atoms with Gasteiger partial charge in [-0.05, 0) is 40.9 Å². The Morgan fingerprint density at radius 2 is 2.11 bits per heavy atom. The van der Waals surface area contributed by atoms with Crippen molar-refractivity contribution in [2.45, 2.75) is 32.2 Å². The van der Waals surface area contributed by atoms with Crippen molar-refractivity contribution < 1.29 is 0 Å². The van der Waals surface area contributed by atoms with Gasteiger partial charge in [-0.25, -0.2) is 4.52 Å². The molecule has 0 aliphatic rings. The number of nitrogens with zero attached hydrogens (tertiary/aromatic N) is 3. The quantitative estimate of drug-likeness (QED) is 0.890. The lowest BCUT2D eigenvalue weighted by atomic mass is 9.94. The van der Waals surface area contributed by atoms with Crippen LogP contribution in [0.5, 0.6) is 0 Å². The first-order valence-corrected chi connectivity index (χ1v) is 6.90. The molecule has 0 saturated heterocycles. The second-order valence-electron chi connectivity index (χ2n) is 4.51. The summed E-state index contributed by atoms with van der Waals surface area (Å²) in [5, 5.41) is 7.57. The summed E-state index contributed by atoms with van der Waals surface area (Å²) < 4.78 is 2.71. The average molecular weight is 312 g/mol. The standard InChI is InChI=1S/C12H18BrN5/c1-3-12(14,4-2)8-15-11-16-10-6-5-9(13)7-18(10)17-11/h5-7H,3-4,8,14H2,1-2H3,(H,15,17). The van der Waals surface area contributed by atoms with Crippen LogP contribution in [0.3, 0.4) is 0 Å².